The van der Waals surface area contributed by atoms with E-state index in [1.165, 1.54) is 11.3 Å². The summed E-state index contributed by atoms with van der Waals surface area (Å²) >= 11 is 1.36. The Kier molecular flexibility index (Phi) is 4.59. The molecule has 0 amide bonds. The van der Waals surface area contributed by atoms with Gasteiger partial charge >= 0.3 is 5.97 Å². The Bertz CT molecular complexity index is 296. The number of hydrogen-bond donors (Lipinski definition) is 0. The fourth-order valence-corrected chi connectivity index (χ4v) is 1.89. The van der Waals surface area contributed by atoms with Crippen molar-refractivity contribution >= 4 is 17.3 Å². The van der Waals surface area contributed by atoms with Crippen LogP contribution in [-0.4, -0.2) is 17.6 Å². The summed E-state index contributed by atoms with van der Waals surface area (Å²) in [5.74, 6) is -0.235. The maximum atomic E-state index is 11.4. The molecular weight excluding hydrogens is 198 g/mol. The van der Waals surface area contributed by atoms with Crippen LogP contribution in [0.1, 0.15) is 42.1 Å². The third-order valence-electron chi connectivity index (χ3n) is 1.87. The van der Waals surface area contributed by atoms with Crippen LogP contribution in [0.3, 0.4) is 0 Å². The maximum absolute atomic E-state index is 11.4. The molecule has 3 nitrogen and oxygen atoms in total. The molecule has 1 heterocycles. The molecule has 0 aliphatic carbocycles. The van der Waals surface area contributed by atoms with Crippen molar-refractivity contribution in [1.82, 2.24) is 4.98 Å². The Hall–Kier alpha value is -0.900. The Morgan fingerprint density at radius 1 is 1.57 bits per heavy atom. The van der Waals surface area contributed by atoms with Gasteiger partial charge < -0.3 is 4.74 Å². The van der Waals surface area contributed by atoms with E-state index in [1.807, 2.05) is 6.92 Å². The minimum absolute atomic E-state index is 0.235. The lowest BCUT2D eigenvalue weighted by Crippen LogP contribution is -2.05. The zero-order valence-corrected chi connectivity index (χ0v) is 9.39. The van der Waals surface area contributed by atoms with Gasteiger partial charge in [0.15, 0.2) is 0 Å². The Morgan fingerprint density at radius 2 is 2.36 bits per heavy atom. The van der Waals surface area contributed by atoms with Gasteiger partial charge in [0.1, 0.15) is 4.88 Å². The van der Waals surface area contributed by atoms with Crippen LogP contribution in [0.15, 0.2) is 5.51 Å². The van der Waals surface area contributed by atoms with Crippen LogP contribution >= 0.6 is 11.3 Å². The highest BCUT2D eigenvalue weighted by molar-refractivity contribution is 7.11. The lowest BCUT2D eigenvalue weighted by Gasteiger charge is -2.01. The van der Waals surface area contributed by atoms with Crippen molar-refractivity contribution in [3.05, 3.63) is 16.1 Å². The molecule has 14 heavy (non-hydrogen) atoms. The number of rotatable bonds is 5. The van der Waals surface area contributed by atoms with Crippen LogP contribution in [0.5, 0.6) is 0 Å². The van der Waals surface area contributed by atoms with Crippen LogP contribution in [0.2, 0.25) is 0 Å². The van der Waals surface area contributed by atoms with E-state index in [0.29, 0.717) is 11.5 Å². The van der Waals surface area contributed by atoms with Crippen LogP contribution in [-0.2, 0) is 11.2 Å². The second-order valence-corrected chi connectivity index (χ2v) is 3.81. The molecule has 0 N–H and O–H groups in total. The Labute approximate surface area is 88.1 Å². The molecule has 0 bridgehead atoms. The quantitative estimate of drug-likeness (QED) is 0.706. The Balaban J connectivity index is 2.66. The van der Waals surface area contributed by atoms with Gasteiger partial charge in [-0.3, -0.25) is 0 Å². The number of aryl methyl sites for hydroxylation is 1. The number of thiazole rings is 1. The standard InChI is InChI=1S/C10H15NO2S/c1-3-5-6-8-9(14-7-11-8)10(12)13-4-2/h7H,3-6H2,1-2H3. The first-order chi connectivity index (χ1) is 6.79. The molecule has 0 fully saturated rings. The van der Waals surface area contributed by atoms with Crippen molar-refractivity contribution in [2.24, 2.45) is 0 Å². The number of aromatic nitrogens is 1. The highest BCUT2D eigenvalue weighted by atomic mass is 32.1. The van der Waals surface area contributed by atoms with Crippen LogP contribution < -0.4 is 0 Å². The predicted octanol–water partition coefficient (Wildman–Crippen LogP) is 2.66. The predicted molar refractivity (Wildman–Crippen MR) is 56.7 cm³/mol. The van der Waals surface area contributed by atoms with Gasteiger partial charge in [-0.15, -0.1) is 11.3 Å². The molecule has 4 heteroatoms. The molecule has 0 radical (unpaired) electrons. The number of ether oxygens (including phenoxy) is 1. The van der Waals surface area contributed by atoms with Crippen molar-refractivity contribution in [3.8, 4) is 0 Å². The van der Waals surface area contributed by atoms with E-state index in [1.54, 1.807) is 5.51 Å². The van der Waals surface area contributed by atoms with E-state index in [-0.39, 0.29) is 5.97 Å². The van der Waals surface area contributed by atoms with Crippen molar-refractivity contribution in [2.75, 3.05) is 6.61 Å². The fraction of sp³-hybridized carbons (Fsp3) is 0.600. The summed E-state index contributed by atoms with van der Waals surface area (Å²) in [7, 11) is 0. The minimum Gasteiger partial charge on any atom is -0.462 e. The summed E-state index contributed by atoms with van der Waals surface area (Å²) in [4.78, 5) is 16.3. The first-order valence-electron chi connectivity index (χ1n) is 4.89. The first kappa shape index (κ1) is 11.2. The zero-order chi connectivity index (χ0) is 10.4. The van der Waals surface area contributed by atoms with E-state index >= 15 is 0 Å². The van der Waals surface area contributed by atoms with Crippen molar-refractivity contribution in [3.63, 3.8) is 0 Å². The molecule has 1 rings (SSSR count). The van der Waals surface area contributed by atoms with Gasteiger partial charge in [-0.1, -0.05) is 13.3 Å². The highest BCUT2D eigenvalue weighted by Crippen LogP contribution is 2.16. The zero-order valence-electron chi connectivity index (χ0n) is 8.58. The molecule has 0 aliphatic heterocycles. The van der Waals surface area contributed by atoms with Crippen molar-refractivity contribution < 1.29 is 9.53 Å². The third-order valence-corrected chi connectivity index (χ3v) is 2.72. The molecule has 0 atom stereocenters. The lowest BCUT2D eigenvalue weighted by atomic mass is 10.2. The van der Waals surface area contributed by atoms with Gasteiger partial charge in [-0.05, 0) is 19.8 Å². The fourth-order valence-electron chi connectivity index (χ4n) is 1.15. The summed E-state index contributed by atoms with van der Waals surface area (Å²) < 4.78 is 4.94. The summed E-state index contributed by atoms with van der Waals surface area (Å²) in [5.41, 5.74) is 2.59. The molecule has 1 aromatic heterocycles. The SMILES string of the molecule is CCCCc1ncsc1C(=O)OCC. The molecule has 78 valence electrons. The summed E-state index contributed by atoms with van der Waals surface area (Å²) in [6.07, 6.45) is 3.05. The minimum atomic E-state index is -0.235. The number of carbonyl (C=O) groups is 1. The van der Waals surface area contributed by atoms with E-state index in [4.69, 9.17) is 4.74 Å². The molecule has 0 unspecified atom stereocenters. The molecule has 0 saturated heterocycles. The van der Waals surface area contributed by atoms with E-state index in [0.717, 1.165) is 25.0 Å². The largest absolute Gasteiger partial charge is 0.462 e. The second kappa shape index (κ2) is 5.75. The average Bonchev–Trinajstić information content (AvgIpc) is 2.63. The number of hydrogen-bond acceptors (Lipinski definition) is 4. The van der Waals surface area contributed by atoms with Gasteiger partial charge in [0.2, 0.25) is 0 Å². The summed E-state index contributed by atoms with van der Waals surface area (Å²) in [6.45, 7) is 4.35. The summed E-state index contributed by atoms with van der Waals surface area (Å²) in [6, 6.07) is 0. The van der Waals surface area contributed by atoms with E-state index in [2.05, 4.69) is 11.9 Å². The maximum Gasteiger partial charge on any atom is 0.350 e. The van der Waals surface area contributed by atoms with Gasteiger partial charge in [0.25, 0.3) is 0 Å². The van der Waals surface area contributed by atoms with E-state index < -0.39 is 0 Å². The molecule has 0 aromatic carbocycles. The summed E-state index contributed by atoms with van der Waals surface area (Å²) in [5, 5.41) is 0. The molecule has 0 saturated carbocycles. The van der Waals surface area contributed by atoms with Crippen LogP contribution in [0, 0.1) is 0 Å². The van der Waals surface area contributed by atoms with Crippen LogP contribution in [0.25, 0.3) is 0 Å². The van der Waals surface area contributed by atoms with E-state index in [9.17, 15) is 4.79 Å². The number of unbranched alkanes of at least 4 members (excludes halogenated alkanes) is 1. The Morgan fingerprint density at radius 3 is 3.00 bits per heavy atom. The highest BCUT2D eigenvalue weighted by Gasteiger charge is 2.14. The van der Waals surface area contributed by atoms with Crippen LogP contribution in [0.4, 0.5) is 0 Å². The molecular formula is C10H15NO2S. The monoisotopic (exact) mass is 213 g/mol. The van der Waals surface area contributed by atoms with Gasteiger partial charge in [-0.25, -0.2) is 9.78 Å². The smallest absolute Gasteiger partial charge is 0.350 e. The van der Waals surface area contributed by atoms with Gasteiger partial charge in [-0.2, -0.15) is 0 Å². The van der Waals surface area contributed by atoms with Gasteiger partial charge in [0, 0.05) is 0 Å². The average molecular weight is 213 g/mol. The lowest BCUT2D eigenvalue weighted by molar-refractivity contribution is 0.0530. The third kappa shape index (κ3) is 2.80. The number of carbonyl (C=O) groups excluding carboxylic acids is 1. The normalized spacial score (nSPS) is 10.1. The topological polar surface area (TPSA) is 39.2 Å². The van der Waals surface area contributed by atoms with Crippen molar-refractivity contribution in [2.45, 2.75) is 33.1 Å². The molecule has 1 aromatic rings. The molecule has 0 aliphatic rings. The van der Waals surface area contributed by atoms with Gasteiger partial charge in [0.05, 0.1) is 17.8 Å². The number of nitrogens with zero attached hydrogens (tertiary/aromatic N) is 1. The second-order valence-electron chi connectivity index (χ2n) is 2.95. The number of esters is 1. The molecule has 0 spiro atoms. The first-order valence-corrected chi connectivity index (χ1v) is 5.77. The van der Waals surface area contributed by atoms with Crippen molar-refractivity contribution in [1.29, 1.82) is 0 Å².